The molecule has 0 bridgehead atoms. The highest BCUT2D eigenvalue weighted by atomic mass is 32.2. The van der Waals surface area contributed by atoms with E-state index < -0.39 is 14.6 Å². The van der Waals surface area contributed by atoms with Crippen LogP contribution in [0.2, 0.25) is 0 Å². The molecule has 200 valence electrons. The van der Waals surface area contributed by atoms with Gasteiger partial charge in [-0.05, 0) is 62.6 Å². The molecule has 9 nitrogen and oxygen atoms in total. The number of benzene rings is 2. The fourth-order valence-electron chi connectivity index (χ4n) is 4.88. The van der Waals surface area contributed by atoms with E-state index in [-0.39, 0.29) is 12.1 Å². The van der Waals surface area contributed by atoms with Crippen molar-refractivity contribution in [1.82, 2.24) is 15.3 Å². The van der Waals surface area contributed by atoms with E-state index in [1.54, 1.807) is 36.4 Å². The van der Waals surface area contributed by atoms with Gasteiger partial charge in [0.15, 0.2) is 15.7 Å². The lowest BCUT2D eigenvalue weighted by Gasteiger charge is -2.36. The number of urea groups is 1. The normalized spacial score (nSPS) is 18.6. The number of carbonyl (C=O) groups is 1. The maximum Gasteiger partial charge on any atom is 0.319 e. The van der Waals surface area contributed by atoms with Gasteiger partial charge in [-0.15, -0.1) is 0 Å². The van der Waals surface area contributed by atoms with Gasteiger partial charge < -0.3 is 20.3 Å². The summed E-state index contributed by atoms with van der Waals surface area (Å²) in [6.07, 6.45) is 1.90. The van der Waals surface area contributed by atoms with Crippen molar-refractivity contribution < 1.29 is 17.9 Å². The van der Waals surface area contributed by atoms with Gasteiger partial charge in [-0.3, -0.25) is 0 Å². The van der Waals surface area contributed by atoms with Gasteiger partial charge in [0.2, 0.25) is 0 Å². The van der Waals surface area contributed by atoms with Crippen molar-refractivity contribution in [2.45, 2.75) is 48.8 Å². The summed E-state index contributed by atoms with van der Waals surface area (Å²) in [5.41, 5.74) is 1.90. The summed E-state index contributed by atoms with van der Waals surface area (Å²) in [6.45, 7) is 6.34. The van der Waals surface area contributed by atoms with Gasteiger partial charge in [-0.2, -0.15) is 0 Å². The molecule has 5 rings (SSSR count). The molecule has 3 aromatic rings. The molecule has 0 unspecified atom stereocenters. The number of hydrogen-bond donors (Lipinski definition) is 2. The van der Waals surface area contributed by atoms with E-state index >= 15 is 0 Å². The van der Waals surface area contributed by atoms with E-state index in [2.05, 4.69) is 22.5 Å². The van der Waals surface area contributed by atoms with Crippen LogP contribution in [-0.2, 0) is 19.3 Å². The number of aromatic nitrogens is 2. The Labute approximate surface area is 223 Å². The number of nitrogens with one attached hydrogen (secondary N) is 2. The van der Waals surface area contributed by atoms with E-state index in [4.69, 9.17) is 14.7 Å². The van der Waals surface area contributed by atoms with Crippen LogP contribution in [0, 0.1) is 0 Å². The first-order chi connectivity index (χ1) is 18.4. The maximum absolute atomic E-state index is 13.8. The van der Waals surface area contributed by atoms with Crippen molar-refractivity contribution in [2.75, 3.05) is 36.5 Å². The summed E-state index contributed by atoms with van der Waals surface area (Å²) < 4.78 is 32.3. The van der Waals surface area contributed by atoms with Crippen LogP contribution in [0.5, 0.6) is 0 Å². The minimum absolute atomic E-state index is 0.142. The molecule has 2 fully saturated rings. The van der Waals surface area contributed by atoms with Gasteiger partial charge in [0.05, 0.1) is 29.8 Å². The van der Waals surface area contributed by atoms with E-state index in [1.807, 2.05) is 31.2 Å². The summed E-state index contributed by atoms with van der Waals surface area (Å²) in [4.78, 5) is 24.2. The van der Waals surface area contributed by atoms with Crippen LogP contribution < -0.4 is 15.5 Å². The zero-order chi connectivity index (χ0) is 26.8. The molecule has 2 amide bonds. The Hall–Kier alpha value is -3.50. The van der Waals surface area contributed by atoms with Gasteiger partial charge >= 0.3 is 6.03 Å². The van der Waals surface area contributed by atoms with Crippen LogP contribution in [0.1, 0.15) is 38.8 Å². The SMILES string of the molecule is CCNC(=O)Nc1ccc(-c2nc(N3CCOC[C@@H]3CC)cc(C3(S(=O)(=O)c4ccccc4)CC3)n2)cc1. The molecule has 1 atom stereocenters. The minimum Gasteiger partial charge on any atom is -0.377 e. The second-order valence-electron chi connectivity index (χ2n) is 9.64. The quantitative estimate of drug-likeness (QED) is 0.441. The largest absolute Gasteiger partial charge is 0.377 e. The van der Waals surface area contributed by atoms with E-state index in [1.165, 1.54) is 0 Å². The number of ether oxygens (including phenoxy) is 1. The molecule has 2 aliphatic rings. The number of morpholine rings is 1. The maximum atomic E-state index is 13.8. The van der Waals surface area contributed by atoms with E-state index in [0.717, 1.165) is 12.0 Å². The van der Waals surface area contributed by atoms with E-state index in [9.17, 15) is 13.2 Å². The second kappa shape index (κ2) is 10.7. The number of amides is 2. The van der Waals surface area contributed by atoms with Crippen LogP contribution in [-0.4, -0.2) is 56.8 Å². The first-order valence-electron chi connectivity index (χ1n) is 13.1. The molecule has 0 radical (unpaired) electrons. The molecule has 1 aliphatic heterocycles. The Kier molecular flexibility index (Phi) is 7.36. The van der Waals surface area contributed by atoms with E-state index in [0.29, 0.717) is 67.1 Å². The third kappa shape index (κ3) is 4.98. The molecular weight excluding hydrogens is 502 g/mol. The molecule has 2 heterocycles. The molecule has 1 saturated carbocycles. The van der Waals surface area contributed by atoms with Crippen molar-refractivity contribution in [3.63, 3.8) is 0 Å². The van der Waals surface area contributed by atoms with Crippen LogP contribution in [0.15, 0.2) is 65.6 Å². The third-order valence-electron chi connectivity index (χ3n) is 7.18. The smallest absolute Gasteiger partial charge is 0.319 e. The number of nitrogens with zero attached hydrogens (tertiary/aromatic N) is 3. The number of rotatable bonds is 8. The Balaban J connectivity index is 1.57. The van der Waals surface area contributed by atoms with Crippen LogP contribution >= 0.6 is 0 Å². The molecule has 0 spiro atoms. The fourth-order valence-corrected chi connectivity index (χ4v) is 6.86. The number of sulfone groups is 1. The lowest BCUT2D eigenvalue weighted by atomic mass is 10.1. The minimum atomic E-state index is -3.66. The lowest BCUT2D eigenvalue weighted by molar-refractivity contribution is 0.0925. The number of hydrogen-bond acceptors (Lipinski definition) is 7. The third-order valence-corrected chi connectivity index (χ3v) is 9.72. The first-order valence-corrected chi connectivity index (χ1v) is 14.5. The zero-order valence-electron chi connectivity index (χ0n) is 21.7. The molecule has 1 aliphatic carbocycles. The predicted molar refractivity (Wildman–Crippen MR) is 147 cm³/mol. The Bertz CT molecular complexity index is 1390. The van der Waals surface area contributed by atoms with Crippen LogP contribution in [0.3, 0.4) is 0 Å². The summed E-state index contributed by atoms with van der Waals surface area (Å²) in [5.74, 6) is 1.16. The first kappa shape index (κ1) is 26.1. The van der Waals surface area contributed by atoms with Crippen LogP contribution in [0.4, 0.5) is 16.3 Å². The van der Waals surface area contributed by atoms with Gasteiger partial charge in [0, 0.05) is 30.4 Å². The fraction of sp³-hybridized carbons (Fsp3) is 0.393. The van der Waals surface area contributed by atoms with Crippen LogP contribution in [0.25, 0.3) is 11.4 Å². The topological polar surface area (TPSA) is 114 Å². The Morgan fingerprint density at radius 1 is 1.08 bits per heavy atom. The average molecular weight is 536 g/mol. The summed E-state index contributed by atoms with van der Waals surface area (Å²) in [5, 5.41) is 5.49. The standard InChI is InChI=1S/C28H33N5O4S/c1-3-22-19-37-17-16-33(22)25-18-24(28(14-15-28)38(35,36)23-8-6-5-7-9-23)31-26(32-25)20-10-12-21(13-11-20)30-27(34)29-4-2/h5-13,18,22H,3-4,14-17,19H2,1-2H3,(H2,29,30,34)/t22-/m0/s1. The van der Waals surface area contributed by atoms with Gasteiger partial charge in [0.25, 0.3) is 0 Å². The molecule has 1 aromatic heterocycles. The monoisotopic (exact) mass is 535 g/mol. The van der Waals surface area contributed by atoms with Crippen molar-refractivity contribution in [1.29, 1.82) is 0 Å². The zero-order valence-corrected chi connectivity index (χ0v) is 22.5. The molecule has 38 heavy (non-hydrogen) atoms. The van der Waals surface area contributed by atoms with Gasteiger partial charge in [-0.1, -0.05) is 25.1 Å². The molecule has 1 saturated heterocycles. The summed E-state index contributed by atoms with van der Waals surface area (Å²) in [6, 6.07) is 17.6. The average Bonchev–Trinajstić information content (AvgIpc) is 3.77. The number of anilines is 2. The Morgan fingerprint density at radius 2 is 1.82 bits per heavy atom. The predicted octanol–water partition coefficient (Wildman–Crippen LogP) is 4.36. The highest BCUT2D eigenvalue weighted by Gasteiger charge is 2.58. The Morgan fingerprint density at radius 3 is 2.47 bits per heavy atom. The molecule has 2 aromatic carbocycles. The highest BCUT2D eigenvalue weighted by Crippen LogP contribution is 2.55. The second-order valence-corrected chi connectivity index (χ2v) is 11.9. The molecule has 10 heteroatoms. The van der Waals surface area contributed by atoms with Crippen molar-refractivity contribution in [3.05, 3.63) is 66.4 Å². The number of carbonyl (C=O) groups excluding carboxylic acids is 1. The molecular formula is C28H33N5O4S. The van der Waals surface area contributed by atoms with Gasteiger partial charge in [-0.25, -0.2) is 23.2 Å². The summed E-state index contributed by atoms with van der Waals surface area (Å²) >= 11 is 0. The lowest BCUT2D eigenvalue weighted by Crippen LogP contribution is -2.45. The van der Waals surface area contributed by atoms with Crippen molar-refractivity contribution in [2.24, 2.45) is 0 Å². The van der Waals surface area contributed by atoms with Gasteiger partial charge in [0.1, 0.15) is 10.6 Å². The van der Waals surface area contributed by atoms with Crippen molar-refractivity contribution in [3.8, 4) is 11.4 Å². The van der Waals surface area contributed by atoms with Crippen molar-refractivity contribution >= 4 is 27.4 Å². The molecule has 2 N–H and O–H groups in total. The summed E-state index contributed by atoms with van der Waals surface area (Å²) in [7, 11) is -3.66. The highest BCUT2D eigenvalue weighted by molar-refractivity contribution is 7.92.